The number of aromatic carboxylic acids is 1. The minimum Gasteiger partial charge on any atom is -0.543 e. The Bertz CT molecular complexity index is 822. The molecule has 0 saturated carbocycles. The second kappa shape index (κ2) is 6.91. The van der Waals surface area contributed by atoms with Gasteiger partial charge in [-0.3, -0.25) is 0 Å². The molecule has 0 radical (unpaired) electrons. The van der Waals surface area contributed by atoms with Gasteiger partial charge in [-0.1, -0.05) is 32.9 Å². The van der Waals surface area contributed by atoms with Gasteiger partial charge in [0.2, 0.25) is 8.32 Å². The van der Waals surface area contributed by atoms with Gasteiger partial charge in [0.25, 0.3) is 0 Å². The smallest absolute Gasteiger partial charge is 0.335 e. The fourth-order valence-electron chi connectivity index (χ4n) is 2.99. The van der Waals surface area contributed by atoms with Crippen molar-refractivity contribution in [2.45, 2.75) is 59.7 Å². The summed E-state index contributed by atoms with van der Waals surface area (Å²) >= 11 is 0. The van der Waals surface area contributed by atoms with Crippen molar-refractivity contribution in [2.75, 3.05) is 0 Å². The van der Waals surface area contributed by atoms with Crippen molar-refractivity contribution >= 4 is 14.3 Å². The third kappa shape index (κ3) is 3.85. The van der Waals surface area contributed by atoms with Gasteiger partial charge in [0.05, 0.1) is 5.56 Å². The van der Waals surface area contributed by atoms with Crippen LogP contribution >= 0.6 is 0 Å². The van der Waals surface area contributed by atoms with Crippen LogP contribution in [-0.4, -0.2) is 19.4 Å². The Hall–Kier alpha value is -2.07. The van der Waals surface area contributed by atoms with Gasteiger partial charge in [0.15, 0.2) is 0 Å². The van der Waals surface area contributed by atoms with E-state index in [0.717, 1.165) is 33.6 Å². The summed E-state index contributed by atoms with van der Waals surface area (Å²) in [6.45, 7) is 17.2. The van der Waals surface area contributed by atoms with Crippen LogP contribution in [0, 0.1) is 20.8 Å². The average Bonchev–Trinajstić information content (AvgIpc) is 2.46. The van der Waals surface area contributed by atoms with Crippen molar-refractivity contribution in [2.24, 2.45) is 0 Å². The number of aryl methyl sites for hydroxylation is 2. The largest absolute Gasteiger partial charge is 0.543 e. The molecule has 1 N–H and O–H groups in total. The predicted octanol–water partition coefficient (Wildman–Crippen LogP) is 6.36. The van der Waals surface area contributed by atoms with Crippen LogP contribution in [0.5, 0.6) is 5.75 Å². The Kier molecular flexibility index (Phi) is 5.38. The number of carboxylic acids is 1. The van der Waals surface area contributed by atoms with E-state index in [-0.39, 0.29) is 5.04 Å². The Morgan fingerprint density at radius 2 is 1.58 bits per heavy atom. The summed E-state index contributed by atoms with van der Waals surface area (Å²) in [7, 11) is -1.90. The maximum Gasteiger partial charge on any atom is 0.335 e. The van der Waals surface area contributed by atoms with E-state index in [1.807, 2.05) is 19.1 Å². The molecule has 2 rings (SSSR count). The highest BCUT2D eigenvalue weighted by atomic mass is 28.4. The lowest BCUT2D eigenvalue weighted by Gasteiger charge is -2.36. The van der Waals surface area contributed by atoms with Crippen molar-refractivity contribution in [3.05, 3.63) is 52.6 Å². The maximum absolute atomic E-state index is 11.5. The molecule has 0 aliphatic rings. The van der Waals surface area contributed by atoms with Crippen molar-refractivity contribution in [3.63, 3.8) is 0 Å². The molecule has 2 aromatic rings. The number of carbonyl (C=O) groups is 1. The Morgan fingerprint density at radius 3 is 2.04 bits per heavy atom. The molecule has 26 heavy (non-hydrogen) atoms. The number of hydrogen-bond donors (Lipinski definition) is 1. The first-order valence-electron chi connectivity index (χ1n) is 8.98. The van der Waals surface area contributed by atoms with Crippen LogP contribution in [0.15, 0.2) is 30.3 Å². The molecule has 0 fully saturated rings. The molecule has 3 nitrogen and oxygen atoms in total. The van der Waals surface area contributed by atoms with Gasteiger partial charge in [0, 0.05) is 0 Å². The highest BCUT2D eigenvalue weighted by Gasteiger charge is 2.39. The van der Waals surface area contributed by atoms with E-state index in [0.29, 0.717) is 5.56 Å². The first-order chi connectivity index (χ1) is 11.8. The normalized spacial score (nSPS) is 12.2. The fourth-order valence-corrected chi connectivity index (χ4v) is 4.01. The molecule has 0 bridgehead atoms. The lowest BCUT2D eigenvalue weighted by Crippen LogP contribution is -2.43. The summed E-state index contributed by atoms with van der Waals surface area (Å²) in [5.41, 5.74) is 5.41. The molecule has 0 heterocycles. The molecule has 4 heteroatoms. The molecule has 2 aromatic carbocycles. The zero-order chi connectivity index (χ0) is 19.9. The molecular weight excluding hydrogens is 340 g/mol. The van der Waals surface area contributed by atoms with E-state index in [9.17, 15) is 9.90 Å². The third-order valence-corrected chi connectivity index (χ3v) is 9.88. The zero-order valence-electron chi connectivity index (χ0n) is 17.2. The van der Waals surface area contributed by atoms with Gasteiger partial charge in [-0.25, -0.2) is 4.79 Å². The molecular formula is C22H30O3Si. The minimum absolute atomic E-state index is 0.139. The summed E-state index contributed by atoms with van der Waals surface area (Å²) in [6.07, 6.45) is 0. The minimum atomic E-state index is -1.90. The number of rotatable bonds is 4. The third-order valence-electron chi connectivity index (χ3n) is 5.52. The van der Waals surface area contributed by atoms with Crippen molar-refractivity contribution in [1.82, 2.24) is 0 Å². The van der Waals surface area contributed by atoms with E-state index >= 15 is 0 Å². The van der Waals surface area contributed by atoms with Crippen LogP contribution < -0.4 is 4.43 Å². The molecule has 0 amide bonds. The molecule has 0 aliphatic heterocycles. The number of carboxylic acid groups (broad SMARTS) is 1. The topological polar surface area (TPSA) is 46.5 Å². The van der Waals surface area contributed by atoms with Crippen LogP contribution in [0.4, 0.5) is 0 Å². The van der Waals surface area contributed by atoms with E-state index in [4.69, 9.17) is 4.43 Å². The highest BCUT2D eigenvalue weighted by molar-refractivity contribution is 6.74. The van der Waals surface area contributed by atoms with Gasteiger partial charge >= 0.3 is 5.97 Å². The van der Waals surface area contributed by atoms with Crippen LogP contribution in [0.1, 0.15) is 47.8 Å². The van der Waals surface area contributed by atoms with Crippen LogP contribution in [0.25, 0.3) is 11.1 Å². The molecule has 0 aliphatic carbocycles. The quantitative estimate of drug-likeness (QED) is 0.637. The van der Waals surface area contributed by atoms with Crippen molar-refractivity contribution in [3.8, 4) is 16.9 Å². The summed E-state index contributed by atoms with van der Waals surface area (Å²) in [5.74, 6) is 0.0138. The van der Waals surface area contributed by atoms with Gasteiger partial charge in [-0.15, -0.1) is 0 Å². The monoisotopic (exact) mass is 370 g/mol. The molecule has 140 valence electrons. The second-order valence-electron chi connectivity index (χ2n) is 8.58. The van der Waals surface area contributed by atoms with Crippen molar-refractivity contribution < 1.29 is 14.3 Å². The first kappa shape index (κ1) is 20.2. The Morgan fingerprint density at radius 1 is 1.04 bits per heavy atom. The Labute approximate surface area is 158 Å². The Balaban J connectivity index is 2.53. The standard InChI is InChI=1S/C22H30O3Si/c1-14-12-17(25-26(7,8)22(4,5)6)13-15(2)20(14)18-10-9-11-19(16(18)3)21(23)24/h9-13H,1-8H3,(H,23,24). The number of hydrogen-bond acceptors (Lipinski definition) is 2. The maximum atomic E-state index is 11.5. The van der Waals surface area contributed by atoms with Crippen LogP contribution in [0.3, 0.4) is 0 Å². The van der Waals surface area contributed by atoms with E-state index in [1.54, 1.807) is 6.07 Å². The van der Waals surface area contributed by atoms with E-state index in [1.165, 1.54) is 0 Å². The molecule has 0 spiro atoms. The van der Waals surface area contributed by atoms with E-state index < -0.39 is 14.3 Å². The van der Waals surface area contributed by atoms with Gasteiger partial charge in [-0.2, -0.15) is 0 Å². The summed E-state index contributed by atoms with van der Waals surface area (Å²) < 4.78 is 6.46. The highest BCUT2D eigenvalue weighted by Crippen LogP contribution is 2.39. The molecule has 0 atom stereocenters. The fraction of sp³-hybridized carbons (Fsp3) is 0.409. The predicted molar refractivity (Wildman–Crippen MR) is 111 cm³/mol. The molecule has 0 unspecified atom stereocenters. The van der Waals surface area contributed by atoms with Gasteiger partial charge in [0.1, 0.15) is 5.75 Å². The van der Waals surface area contributed by atoms with Gasteiger partial charge < -0.3 is 9.53 Å². The summed E-state index contributed by atoms with van der Waals surface area (Å²) in [6, 6.07) is 9.61. The SMILES string of the molecule is Cc1cc(O[Si](C)(C)C(C)(C)C)cc(C)c1-c1cccc(C(=O)O)c1C. The second-order valence-corrected chi connectivity index (χ2v) is 13.3. The first-order valence-corrected chi connectivity index (χ1v) is 11.9. The van der Waals surface area contributed by atoms with Crippen LogP contribution in [0.2, 0.25) is 18.1 Å². The summed E-state index contributed by atoms with van der Waals surface area (Å²) in [4.78, 5) is 11.5. The lowest BCUT2D eigenvalue weighted by atomic mass is 9.90. The van der Waals surface area contributed by atoms with E-state index in [2.05, 4.69) is 59.8 Å². The molecule has 0 aromatic heterocycles. The zero-order valence-corrected chi connectivity index (χ0v) is 18.2. The molecule has 0 saturated heterocycles. The summed E-state index contributed by atoms with van der Waals surface area (Å²) in [5, 5.41) is 9.55. The van der Waals surface area contributed by atoms with Crippen LogP contribution in [-0.2, 0) is 0 Å². The van der Waals surface area contributed by atoms with Gasteiger partial charge in [-0.05, 0) is 84.9 Å². The lowest BCUT2D eigenvalue weighted by molar-refractivity contribution is 0.0696. The number of benzene rings is 2. The average molecular weight is 371 g/mol. The van der Waals surface area contributed by atoms with Crippen molar-refractivity contribution in [1.29, 1.82) is 0 Å².